The van der Waals surface area contributed by atoms with Crippen molar-refractivity contribution in [3.63, 3.8) is 0 Å². The van der Waals surface area contributed by atoms with Crippen molar-refractivity contribution in [3.8, 4) is 0 Å². The second-order valence-electron chi connectivity index (χ2n) is 9.56. The lowest BCUT2D eigenvalue weighted by molar-refractivity contribution is -0.182. The fourth-order valence-electron chi connectivity index (χ4n) is 7.28. The van der Waals surface area contributed by atoms with Crippen LogP contribution in [0.3, 0.4) is 0 Å². The standard InChI is InChI=1S/C21H30O5/c1-19-7-5-13(23)9-12(19)3-4-14-15-6-8-21(26,17(25)11-22)20(15,2)10-16(24)18(14)19/h9,14-16,18,22,24,26H,3-8,10-11H2,1-2H3/t14-,15-,16-,18-,19-,20-,21+/m1/s1. The average Bonchev–Trinajstić information content (AvgIpc) is 2.86. The third-order valence-electron chi connectivity index (χ3n) is 8.65. The van der Waals surface area contributed by atoms with Gasteiger partial charge < -0.3 is 15.3 Å². The molecule has 3 saturated carbocycles. The summed E-state index contributed by atoms with van der Waals surface area (Å²) in [6.45, 7) is 3.46. The van der Waals surface area contributed by atoms with E-state index in [1.54, 1.807) is 6.08 Å². The van der Waals surface area contributed by atoms with Gasteiger partial charge in [0, 0.05) is 11.8 Å². The molecule has 3 fully saturated rings. The van der Waals surface area contributed by atoms with Crippen LogP contribution in [-0.4, -0.2) is 45.2 Å². The molecule has 4 rings (SSSR count). The van der Waals surface area contributed by atoms with E-state index in [4.69, 9.17) is 0 Å². The highest BCUT2D eigenvalue weighted by Gasteiger charge is 2.68. The number of allylic oxidation sites excluding steroid dienone is 1. The Morgan fingerprint density at radius 3 is 2.65 bits per heavy atom. The molecule has 0 amide bonds. The van der Waals surface area contributed by atoms with E-state index in [0.29, 0.717) is 19.3 Å². The summed E-state index contributed by atoms with van der Waals surface area (Å²) in [5, 5.41) is 31.7. The predicted octanol–water partition coefficient (Wildman–Crippen LogP) is 1.78. The zero-order valence-corrected chi connectivity index (χ0v) is 15.7. The Hall–Kier alpha value is -1.04. The smallest absolute Gasteiger partial charge is 0.190 e. The molecule has 0 aromatic carbocycles. The van der Waals surface area contributed by atoms with E-state index in [1.165, 1.54) is 5.57 Å². The summed E-state index contributed by atoms with van der Waals surface area (Å²) in [5.41, 5.74) is -1.23. The maximum Gasteiger partial charge on any atom is 0.190 e. The number of hydrogen-bond donors (Lipinski definition) is 3. The van der Waals surface area contributed by atoms with E-state index in [0.717, 1.165) is 25.7 Å². The van der Waals surface area contributed by atoms with Crippen LogP contribution in [0.25, 0.3) is 0 Å². The summed E-state index contributed by atoms with van der Waals surface area (Å²) in [4.78, 5) is 24.3. The zero-order chi connectivity index (χ0) is 18.9. The van der Waals surface area contributed by atoms with Crippen LogP contribution in [0, 0.1) is 28.6 Å². The highest BCUT2D eigenvalue weighted by molar-refractivity contribution is 5.91. The van der Waals surface area contributed by atoms with Crippen molar-refractivity contribution in [3.05, 3.63) is 11.6 Å². The highest BCUT2D eigenvalue weighted by atomic mass is 16.3. The molecule has 0 aromatic rings. The summed E-state index contributed by atoms with van der Waals surface area (Å²) in [6.07, 6.45) is 5.74. The molecule has 3 N–H and O–H groups in total. The monoisotopic (exact) mass is 362 g/mol. The van der Waals surface area contributed by atoms with Crippen LogP contribution in [0.4, 0.5) is 0 Å². The van der Waals surface area contributed by atoms with Gasteiger partial charge in [0.2, 0.25) is 0 Å². The van der Waals surface area contributed by atoms with E-state index >= 15 is 0 Å². The first-order valence-corrected chi connectivity index (χ1v) is 9.96. The number of carbonyl (C=O) groups is 2. The Morgan fingerprint density at radius 1 is 1.23 bits per heavy atom. The van der Waals surface area contributed by atoms with Crippen molar-refractivity contribution in [1.29, 1.82) is 0 Å². The maximum absolute atomic E-state index is 12.4. The summed E-state index contributed by atoms with van der Waals surface area (Å²) < 4.78 is 0. The van der Waals surface area contributed by atoms with Crippen molar-refractivity contribution in [2.75, 3.05) is 6.61 Å². The van der Waals surface area contributed by atoms with Gasteiger partial charge in [0.1, 0.15) is 12.2 Å². The first-order chi connectivity index (χ1) is 12.2. The van der Waals surface area contributed by atoms with E-state index in [9.17, 15) is 24.9 Å². The molecule has 4 aliphatic carbocycles. The van der Waals surface area contributed by atoms with E-state index in [1.807, 2.05) is 6.92 Å². The summed E-state index contributed by atoms with van der Waals surface area (Å²) in [6, 6.07) is 0. The van der Waals surface area contributed by atoms with E-state index in [-0.39, 0.29) is 29.0 Å². The Kier molecular flexibility index (Phi) is 4.04. The molecule has 0 unspecified atom stereocenters. The average molecular weight is 362 g/mol. The molecule has 0 radical (unpaired) electrons. The molecule has 7 atom stereocenters. The minimum Gasteiger partial charge on any atom is -0.393 e. The van der Waals surface area contributed by atoms with Gasteiger partial charge in [-0.25, -0.2) is 0 Å². The normalized spacial score (nSPS) is 50.5. The Labute approximate surface area is 154 Å². The molecule has 0 aliphatic heterocycles. The quantitative estimate of drug-likeness (QED) is 0.696. The van der Waals surface area contributed by atoms with Gasteiger partial charge in [0.25, 0.3) is 0 Å². The summed E-state index contributed by atoms with van der Waals surface area (Å²) >= 11 is 0. The zero-order valence-electron chi connectivity index (χ0n) is 15.7. The van der Waals surface area contributed by atoms with Gasteiger partial charge in [-0.2, -0.15) is 0 Å². The third kappa shape index (κ3) is 2.14. The van der Waals surface area contributed by atoms with Gasteiger partial charge in [-0.15, -0.1) is 0 Å². The maximum atomic E-state index is 12.4. The number of aliphatic hydroxyl groups is 3. The molecule has 0 bridgehead atoms. The number of hydrogen-bond acceptors (Lipinski definition) is 5. The first kappa shape index (κ1) is 18.3. The van der Waals surface area contributed by atoms with Crippen LogP contribution >= 0.6 is 0 Å². The SMILES string of the molecule is C[C@@]12CCC(=O)C=C1CC[C@H]1[C@@H]2[C@H](O)C[C@]2(C)[C@@H]1CC[C@]2(O)C(=O)CO. The van der Waals surface area contributed by atoms with Crippen LogP contribution in [0.1, 0.15) is 58.8 Å². The van der Waals surface area contributed by atoms with Crippen LogP contribution < -0.4 is 0 Å². The van der Waals surface area contributed by atoms with E-state index in [2.05, 4.69) is 6.92 Å². The third-order valence-corrected chi connectivity index (χ3v) is 8.65. The topological polar surface area (TPSA) is 94.8 Å². The van der Waals surface area contributed by atoms with Crippen molar-refractivity contribution in [1.82, 2.24) is 0 Å². The fraction of sp³-hybridized carbons (Fsp3) is 0.810. The lowest BCUT2D eigenvalue weighted by Crippen LogP contribution is -2.62. The van der Waals surface area contributed by atoms with Gasteiger partial charge >= 0.3 is 0 Å². The summed E-state index contributed by atoms with van der Waals surface area (Å²) in [5.74, 6) is 0.140. The molecule has 5 heteroatoms. The van der Waals surface area contributed by atoms with Gasteiger partial charge in [-0.1, -0.05) is 19.4 Å². The Morgan fingerprint density at radius 2 is 1.96 bits per heavy atom. The first-order valence-electron chi connectivity index (χ1n) is 9.96. The lowest BCUT2D eigenvalue weighted by Gasteiger charge is -2.60. The second-order valence-corrected chi connectivity index (χ2v) is 9.56. The minimum atomic E-state index is -1.54. The second kappa shape index (κ2) is 5.73. The number of aliphatic hydroxyl groups excluding tert-OH is 2. The number of carbonyl (C=O) groups excluding carboxylic acids is 2. The van der Waals surface area contributed by atoms with Crippen molar-refractivity contribution in [2.45, 2.75) is 70.5 Å². The van der Waals surface area contributed by atoms with Crippen molar-refractivity contribution < 1.29 is 24.9 Å². The van der Waals surface area contributed by atoms with Gasteiger partial charge in [0.15, 0.2) is 11.6 Å². The molecular weight excluding hydrogens is 332 g/mol. The van der Waals surface area contributed by atoms with Crippen LogP contribution in [-0.2, 0) is 9.59 Å². The highest BCUT2D eigenvalue weighted by Crippen LogP contribution is 2.67. The number of rotatable bonds is 2. The fourth-order valence-corrected chi connectivity index (χ4v) is 7.28. The van der Waals surface area contributed by atoms with Crippen molar-refractivity contribution >= 4 is 11.6 Å². The van der Waals surface area contributed by atoms with Crippen LogP contribution in [0.2, 0.25) is 0 Å². The minimum absolute atomic E-state index is 0.0697. The number of Topliss-reactive ketones (excluding diaryl/α,β-unsaturated/α-hetero) is 1. The molecule has 26 heavy (non-hydrogen) atoms. The molecule has 0 saturated heterocycles. The van der Waals surface area contributed by atoms with Crippen LogP contribution in [0.15, 0.2) is 11.6 Å². The lowest BCUT2D eigenvalue weighted by atomic mass is 9.45. The largest absolute Gasteiger partial charge is 0.393 e. The Balaban J connectivity index is 1.74. The van der Waals surface area contributed by atoms with Crippen molar-refractivity contribution in [2.24, 2.45) is 28.6 Å². The number of ketones is 2. The molecule has 0 heterocycles. The Bertz CT molecular complexity index is 684. The van der Waals surface area contributed by atoms with Gasteiger partial charge in [-0.05, 0) is 67.8 Å². The molecule has 144 valence electrons. The summed E-state index contributed by atoms with van der Waals surface area (Å²) in [7, 11) is 0. The molecule has 0 spiro atoms. The molecule has 4 aliphatic rings. The number of fused-ring (bicyclic) bond motifs is 5. The predicted molar refractivity (Wildman–Crippen MR) is 95.1 cm³/mol. The van der Waals surface area contributed by atoms with Gasteiger partial charge in [0.05, 0.1) is 6.10 Å². The molecule has 5 nitrogen and oxygen atoms in total. The molecular formula is C21H30O5. The van der Waals surface area contributed by atoms with E-state index < -0.39 is 29.5 Å². The van der Waals surface area contributed by atoms with Crippen LogP contribution in [0.5, 0.6) is 0 Å². The molecule has 0 aromatic heterocycles. The van der Waals surface area contributed by atoms with Gasteiger partial charge in [-0.3, -0.25) is 9.59 Å².